The number of ether oxygens (including phenoxy) is 2. The van der Waals surface area contributed by atoms with E-state index in [2.05, 4.69) is 0 Å². The number of methoxy groups -OCH3 is 2. The monoisotopic (exact) mass is 422 g/mol. The fraction of sp³-hybridized carbons (Fsp3) is 0.682. The highest BCUT2D eigenvalue weighted by Gasteiger charge is 2.65. The SMILES string of the molecule is COC(=O)[C@@H]1C[C@H](O)C(=O)[C@H]2[C@@]1(C)CC[C@@H](C(=O)OC)[C@]2(C)CC(O)c1ccoc1. The Labute approximate surface area is 175 Å². The molecule has 2 aliphatic rings. The first-order valence-electron chi connectivity index (χ1n) is 10.2. The van der Waals surface area contributed by atoms with Gasteiger partial charge in [0, 0.05) is 11.5 Å². The molecule has 1 aromatic heterocycles. The van der Waals surface area contributed by atoms with Crippen molar-refractivity contribution >= 4 is 17.7 Å². The lowest BCUT2D eigenvalue weighted by molar-refractivity contribution is -0.191. The van der Waals surface area contributed by atoms with Crippen LogP contribution in [0, 0.1) is 28.6 Å². The Morgan fingerprint density at radius 1 is 1.23 bits per heavy atom. The highest BCUT2D eigenvalue weighted by molar-refractivity contribution is 5.91. The third-order valence-electron chi connectivity index (χ3n) is 7.49. The Morgan fingerprint density at radius 3 is 2.43 bits per heavy atom. The van der Waals surface area contributed by atoms with Gasteiger partial charge in [0.05, 0.1) is 44.7 Å². The van der Waals surface area contributed by atoms with E-state index in [0.29, 0.717) is 18.4 Å². The lowest BCUT2D eigenvalue weighted by Gasteiger charge is -2.59. The van der Waals surface area contributed by atoms with Crippen LogP contribution in [0.2, 0.25) is 0 Å². The van der Waals surface area contributed by atoms with E-state index >= 15 is 0 Å². The number of carbonyl (C=O) groups excluding carboxylic acids is 3. The minimum atomic E-state index is -1.34. The summed E-state index contributed by atoms with van der Waals surface area (Å²) < 4.78 is 15.1. The maximum atomic E-state index is 13.3. The van der Waals surface area contributed by atoms with Crippen LogP contribution in [0.15, 0.2) is 23.0 Å². The van der Waals surface area contributed by atoms with Crippen molar-refractivity contribution in [1.29, 1.82) is 0 Å². The zero-order chi connectivity index (χ0) is 22.3. The molecule has 2 N–H and O–H groups in total. The molecule has 30 heavy (non-hydrogen) atoms. The summed E-state index contributed by atoms with van der Waals surface area (Å²) in [5, 5.41) is 21.4. The summed E-state index contributed by atoms with van der Waals surface area (Å²) in [7, 11) is 2.57. The molecule has 1 aromatic rings. The van der Waals surface area contributed by atoms with E-state index in [1.165, 1.54) is 26.7 Å². The molecule has 166 valence electrons. The molecular formula is C22H30O8. The average molecular weight is 422 g/mol. The van der Waals surface area contributed by atoms with Crippen molar-refractivity contribution in [1.82, 2.24) is 0 Å². The fourth-order valence-electron chi connectivity index (χ4n) is 6.01. The Hall–Kier alpha value is -2.19. The van der Waals surface area contributed by atoms with Crippen molar-refractivity contribution in [2.24, 2.45) is 28.6 Å². The Kier molecular flexibility index (Phi) is 6.11. The molecule has 0 aliphatic heterocycles. The van der Waals surface area contributed by atoms with Crippen molar-refractivity contribution in [3.05, 3.63) is 24.2 Å². The molecule has 2 aliphatic carbocycles. The van der Waals surface area contributed by atoms with Crippen molar-refractivity contribution < 1.29 is 38.5 Å². The topological polar surface area (TPSA) is 123 Å². The normalized spacial score (nSPS) is 37.2. The van der Waals surface area contributed by atoms with Crippen LogP contribution in [0.4, 0.5) is 0 Å². The second kappa shape index (κ2) is 8.15. The second-order valence-electron chi connectivity index (χ2n) is 9.07. The smallest absolute Gasteiger partial charge is 0.309 e. The van der Waals surface area contributed by atoms with Gasteiger partial charge in [0.15, 0.2) is 5.78 Å². The van der Waals surface area contributed by atoms with Crippen LogP contribution < -0.4 is 0 Å². The summed E-state index contributed by atoms with van der Waals surface area (Å²) in [5.41, 5.74) is -1.35. The molecule has 8 nitrogen and oxygen atoms in total. The van der Waals surface area contributed by atoms with Crippen LogP contribution in [0.25, 0.3) is 0 Å². The van der Waals surface area contributed by atoms with Gasteiger partial charge >= 0.3 is 11.9 Å². The molecule has 0 spiro atoms. The molecule has 2 saturated carbocycles. The lowest BCUT2D eigenvalue weighted by atomic mass is 9.43. The van der Waals surface area contributed by atoms with Crippen LogP contribution in [-0.4, -0.2) is 48.3 Å². The van der Waals surface area contributed by atoms with E-state index in [1.54, 1.807) is 13.0 Å². The van der Waals surface area contributed by atoms with E-state index in [4.69, 9.17) is 13.9 Å². The number of carbonyl (C=O) groups is 3. The standard InChI is InChI=1S/C22H30O8/c1-21-7-5-13(19(26)28-3)22(2,10-16(24)12-6-8-30-11-12)18(21)17(25)15(23)9-14(21)20(27)29-4/h6,8,11,13-16,18,23-24H,5,7,9-10H2,1-4H3/t13-,14-,15-,16?,18-,21-,22-/m0/s1. The van der Waals surface area contributed by atoms with Gasteiger partial charge in [-0.05, 0) is 42.6 Å². The van der Waals surface area contributed by atoms with E-state index in [9.17, 15) is 24.6 Å². The molecule has 0 saturated heterocycles. The molecule has 1 unspecified atom stereocenters. The first-order valence-corrected chi connectivity index (χ1v) is 10.2. The summed E-state index contributed by atoms with van der Waals surface area (Å²) in [4.78, 5) is 38.6. The Balaban J connectivity index is 2.10. The second-order valence-corrected chi connectivity index (χ2v) is 9.07. The van der Waals surface area contributed by atoms with Gasteiger partial charge < -0.3 is 24.1 Å². The summed E-state index contributed by atoms with van der Waals surface area (Å²) in [5.74, 6) is -3.56. The highest BCUT2D eigenvalue weighted by atomic mass is 16.5. The molecule has 3 rings (SSSR count). The predicted octanol–water partition coefficient (Wildman–Crippen LogP) is 2.04. The average Bonchev–Trinajstić information content (AvgIpc) is 3.24. The van der Waals surface area contributed by atoms with E-state index in [1.807, 2.05) is 6.92 Å². The number of aliphatic hydroxyl groups is 2. The molecule has 0 amide bonds. The van der Waals surface area contributed by atoms with Gasteiger partial charge in [-0.2, -0.15) is 0 Å². The van der Waals surface area contributed by atoms with E-state index in [-0.39, 0.29) is 12.8 Å². The number of fused-ring (bicyclic) bond motifs is 1. The first-order chi connectivity index (χ1) is 14.1. The van der Waals surface area contributed by atoms with Crippen molar-refractivity contribution in [2.45, 2.75) is 51.7 Å². The molecule has 8 heteroatoms. The molecule has 0 aromatic carbocycles. The Morgan fingerprint density at radius 2 is 1.87 bits per heavy atom. The van der Waals surface area contributed by atoms with Gasteiger partial charge in [-0.1, -0.05) is 13.8 Å². The van der Waals surface area contributed by atoms with Gasteiger partial charge in [0.1, 0.15) is 6.10 Å². The van der Waals surface area contributed by atoms with Gasteiger partial charge in [0.25, 0.3) is 0 Å². The van der Waals surface area contributed by atoms with Crippen LogP contribution in [0.3, 0.4) is 0 Å². The fourth-order valence-corrected chi connectivity index (χ4v) is 6.01. The predicted molar refractivity (Wildman–Crippen MR) is 104 cm³/mol. The van der Waals surface area contributed by atoms with Crippen molar-refractivity contribution in [3.8, 4) is 0 Å². The van der Waals surface area contributed by atoms with Gasteiger partial charge in [0.2, 0.25) is 0 Å². The minimum Gasteiger partial charge on any atom is -0.472 e. The third kappa shape index (κ3) is 3.46. The van der Waals surface area contributed by atoms with Crippen LogP contribution in [-0.2, 0) is 23.9 Å². The minimum absolute atomic E-state index is 0.0121. The van der Waals surface area contributed by atoms with E-state index < -0.39 is 58.5 Å². The summed E-state index contributed by atoms with van der Waals surface area (Å²) in [6.07, 6.45) is 1.39. The van der Waals surface area contributed by atoms with Crippen LogP contribution in [0.5, 0.6) is 0 Å². The van der Waals surface area contributed by atoms with Gasteiger partial charge in [-0.3, -0.25) is 14.4 Å². The molecule has 0 radical (unpaired) electrons. The zero-order valence-electron chi connectivity index (χ0n) is 17.8. The van der Waals surface area contributed by atoms with Crippen LogP contribution >= 0.6 is 0 Å². The molecular weight excluding hydrogens is 392 g/mol. The van der Waals surface area contributed by atoms with Crippen molar-refractivity contribution in [2.75, 3.05) is 14.2 Å². The maximum Gasteiger partial charge on any atom is 0.309 e. The maximum absolute atomic E-state index is 13.3. The number of hydrogen-bond donors (Lipinski definition) is 2. The molecule has 7 atom stereocenters. The lowest BCUT2D eigenvalue weighted by Crippen LogP contribution is -2.63. The molecule has 0 bridgehead atoms. The molecule has 1 heterocycles. The highest BCUT2D eigenvalue weighted by Crippen LogP contribution is 2.63. The van der Waals surface area contributed by atoms with Gasteiger partial charge in [-0.15, -0.1) is 0 Å². The zero-order valence-corrected chi connectivity index (χ0v) is 17.8. The first kappa shape index (κ1) is 22.5. The largest absolute Gasteiger partial charge is 0.472 e. The number of ketones is 1. The van der Waals surface area contributed by atoms with Crippen LogP contribution in [0.1, 0.15) is 51.2 Å². The third-order valence-corrected chi connectivity index (χ3v) is 7.49. The summed E-state index contributed by atoms with van der Waals surface area (Å²) in [6.45, 7) is 3.61. The summed E-state index contributed by atoms with van der Waals surface area (Å²) in [6, 6.07) is 1.62. The Bertz CT molecular complexity index is 802. The number of hydrogen-bond acceptors (Lipinski definition) is 8. The van der Waals surface area contributed by atoms with E-state index in [0.717, 1.165) is 0 Å². The molecule has 2 fully saturated rings. The summed E-state index contributed by atoms with van der Waals surface area (Å²) >= 11 is 0. The quantitative estimate of drug-likeness (QED) is 0.691. The number of esters is 2. The number of Topliss-reactive ketones (excluding diaryl/α,β-unsaturated/α-hetero) is 1. The number of aliphatic hydroxyl groups excluding tert-OH is 2. The van der Waals surface area contributed by atoms with Gasteiger partial charge in [-0.25, -0.2) is 0 Å². The van der Waals surface area contributed by atoms with Crippen molar-refractivity contribution in [3.63, 3.8) is 0 Å². The number of rotatable bonds is 5. The number of furan rings is 1.